The van der Waals surface area contributed by atoms with E-state index in [1.165, 1.54) is 37.8 Å². The van der Waals surface area contributed by atoms with Crippen LogP contribution in [0.2, 0.25) is 0 Å². The molecule has 1 aliphatic rings. The van der Waals surface area contributed by atoms with Gasteiger partial charge in [-0.05, 0) is 62.9 Å². The van der Waals surface area contributed by atoms with Crippen molar-refractivity contribution in [3.63, 3.8) is 0 Å². The first kappa shape index (κ1) is 25.0. The van der Waals surface area contributed by atoms with Gasteiger partial charge in [0, 0.05) is 17.2 Å². The summed E-state index contributed by atoms with van der Waals surface area (Å²) in [7, 11) is 2.05. The minimum Gasteiger partial charge on any atom is -0.479 e. The van der Waals surface area contributed by atoms with Crippen LogP contribution >= 0.6 is 0 Å². The molecular weight excluding hydrogens is 406 g/mol. The molecule has 0 spiro atoms. The fourth-order valence-corrected chi connectivity index (χ4v) is 3.66. The number of nitrogens with one attached hydrogen (secondary N) is 3. The normalized spacial score (nSPS) is 18.6. The standard InChI is InChI=1S/C16H15N3O3.C8H18N2/c17-14(18)11-7-4-8-12(9-11)15(20)19-13(16(21)22)10-5-2-1-3-6-10;1-10-8-4-2-7(6-9)3-5-8/h1-9,13H,(H3,17,18)(H,19,20)(H,21,22);7-8,10H,2-6,9H2,1H3/t13-;/m1./s1. The number of nitrogen functional groups attached to an aromatic ring is 1. The molecule has 32 heavy (non-hydrogen) atoms. The molecule has 0 heterocycles. The lowest BCUT2D eigenvalue weighted by Crippen LogP contribution is -2.33. The van der Waals surface area contributed by atoms with Gasteiger partial charge in [0.2, 0.25) is 0 Å². The summed E-state index contributed by atoms with van der Waals surface area (Å²) in [5, 5.41) is 22.4. The van der Waals surface area contributed by atoms with E-state index in [-0.39, 0.29) is 11.4 Å². The number of carboxylic acids is 1. The molecule has 0 aromatic heterocycles. The van der Waals surface area contributed by atoms with E-state index in [1.807, 2.05) is 7.05 Å². The molecule has 0 aliphatic heterocycles. The predicted molar refractivity (Wildman–Crippen MR) is 126 cm³/mol. The fourth-order valence-electron chi connectivity index (χ4n) is 3.66. The number of carbonyl (C=O) groups excluding carboxylic acids is 1. The minimum atomic E-state index is -1.15. The van der Waals surface area contributed by atoms with Crippen molar-refractivity contribution >= 4 is 17.7 Å². The molecule has 3 rings (SSSR count). The molecule has 1 aliphatic carbocycles. The van der Waals surface area contributed by atoms with Crippen molar-refractivity contribution in [2.45, 2.75) is 37.8 Å². The Hall–Kier alpha value is -3.23. The van der Waals surface area contributed by atoms with Crippen LogP contribution in [0.3, 0.4) is 0 Å². The van der Waals surface area contributed by atoms with Crippen molar-refractivity contribution in [3.8, 4) is 0 Å². The lowest BCUT2D eigenvalue weighted by atomic mass is 9.86. The van der Waals surface area contributed by atoms with Gasteiger partial charge < -0.3 is 27.2 Å². The Labute approximate surface area is 188 Å². The van der Waals surface area contributed by atoms with Gasteiger partial charge in [-0.1, -0.05) is 42.5 Å². The first-order valence-electron chi connectivity index (χ1n) is 10.8. The number of amides is 1. The van der Waals surface area contributed by atoms with Gasteiger partial charge in [-0.2, -0.15) is 0 Å². The summed E-state index contributed by atoms with van der Waals surface area (Å²) in [5.74, 6) is -1.04. The van der Waals surface area contributed by atoms with Gasteiger partial charge in [0.15, 0.2) is 6.04 Å². The Morgan fingerprint density at radius 1 is 1.06 bits per heavy atom. The lowest BCUT2D eigenvalue weighted by molar-refractivity contribution is -0.139. The number of benzene rings is 2. The number of amidine groups is 1. The summed E-state index contributed by atoms with van der Waals surface area (Å²) in [5.41, 5.74) is 12.1. The molecule has 8 N–H and O–H groups in total. The van der Waals surface area contributed by atoms with Gasteiger partial charge in [-0.3, -0.25) is 10.2 Å². The maximum absolute atomic E-state index is 12.2. The number of hydrogen-bond acceptors (Lipinski definition) is 5. The average molecular weight is 440 g/mol. The SMILES string of the molecule is CNC1CCC(CN)CC1.N=C(N)c1cccc(C(=O)N[C@@H](C(=O)O)c2ccccc2)c1. The molecule has 0 radical (unpaired) electrons. The molecule has 1 saturated carbocycles. The highest BCUT2D eigenvalue weighted by Gasteiger charge is 2.22. The summed E-state index contributed by atoms with van der Waals surface area (Å²) in [4.78, 5) is 23.6. The van der Waals surface area contributed by atoms with E-state index >= 15 is 0 Å². The Morgan fingerprint density at radius 2 is 1.69 bits per heavy atom. The van der Waals surface area contributed by atoms with Gasteiger partial charge in [-0.15, -0.1) is 0 Å². The van der Waals surface area contributed by atoms with Crippen LogP contribution in [0.15, 0.2) is 54.6 Å². The number of aliphatic carboxylic acids is 1. The minimum absolute atomic E-state index is 0.160. The molecule has 2 aromatic carbocycles. The van der Waals surface area contributed by atoms with Gasteiger partial charge in [0.1, 0.15) is 5.84 Å². The lowest BCUT2D eigenvalue weighted by Gasteiger charge is -2.26. The summed E-state index contributed by atoms with van der Waals surface area (Å²) >= 11 is 0. The van der Waals surface area contributed by atoms with Crippen molar-refractivity contribution in [1.82, 2.24) is 10.6 Å². The fraction of sp³-hybridized carbons (Fsp3) is 0.375. The zero-order valence-corrected chi connectivity index (χ0v) is 18.4. The molecule has 0 bridgehead atoms. The van der Waals surface area contributed by atoms with Crippen LogP contribution in [0, 0.1) is 11.3 Å². The number of nitrogens with two attached hydrogens (primary N) is 2. The van der Waals surface area contributed by atoms with Crippen LogP contribution in [-0.4, -0.2) is 42.5 Å². The monoisotopic (exact) mass is 439 g/mol. The average Bonchev–Trinajstić information content (AvgIpc) is 2.83. The van der Waals surface area contributed by atoms with Crippen LogP contribution in [0.4, 0.5) is 0 Å². The number of rotatable bonds is 7. The van der Waals surface area contributed by atoms with Gasteiger partial charge in [0.05, 0.1) is 0 Å². The summed E-state index contributed by atoms with van der Waals surface area (Å²) in [6.07, 6.45) is 5.28. The van der Waals surface area contributed by atoms with Crippen molar-refractivity contribution < 1.29 is 14.7 Å². The van der Waals surface area contributed by atoms with Crippen molar-refractivity contribution in [2.24, 2.45) is 17.4 Å². The van der Waals surface area contributed by atoms with Crippen LogP contribution < -0.4 is 22.1 Å². The van der Waals surface area contributed by atoms with Crippen LogP contribution in [-0.2, 0) is 4.79 Å². The highest BCUT2D eigenvalue weighted by molar-refractivity contribution is 6.01. The van der Waals surface area contributed by atoms with E-state index in [0.717, 1.165) is 18.5 Å². The quantitative estimate of drug-likeness (QED) is 0.287. The molecule has 1 fully saturated rings. The second-order valence-corrected chi connectivity index (χ2v) is 7.89. The molecule has 8 heteroatoms. The predicted octanol–water partition coefficient (Wildman–Crippen LogP) is 2.25. The van der Waals surface area contributed by atoms with Gasteiger partial charge >= 0.3 is 5.97 Å². The van der Waals surface area contributed by atoms with E-state index in [9.17, 15) is 14.7 Å². The summed E-state index contributed by atoms with van der Waals surface area (Å²) < 4.78 is 0. The van der Waals surface area contributed by atoms with Crippen LogP contribution in [0.5, 0.6) is 0 Å². The third-order valence-electron chi connectivity index (χ3n) is 5.68. The molecule has 2 aromatic rings. The van der Waals surface area contributed by atoms with E-state index in [1.54, 1.807) is 42.5 Å². The van der Waals surface area contributed by atoms with Crippen molar-refractivity contribution in [3.05, 3.63) is 71.3 Å². The van der Waals surface area contributed by atoms with Crippen molar-refractivity contribution in [2.75, 3.05) is 13.6 Å². The Kier molecular flexibility index (Phi) is 9.84. The molecule has 0 unspecified atom stereocenters. The summed E-state index contributed by atoms with van der Waals surface area (Å²) in [6, 6.07) is 14.2. The third-order valence-corrected chi connectivity index (χ3v) is 5.68. The number of hydrogen-bond donors (Lipinski definition) is 6. The first-order valence-corrected chi connectivity index (χ1v) is 10.8. The van der Waals surface area contributed by atoms with E-state index < -0.39 is 17.9 Å². The summed E-state index contributed by atoms with van der Waals surface area (Å²) in [6.45, 7) is 0.885. The third kappa shape index (κ3) is 7.47. The molecule has 1 amide bonds. The van der Waals surface area contributed by atoms with Crippen LogP contribution in [0.25, 0.3) is 0 Å². The second-order valence-electron chi connectivity index (χ2n) is 7.89. The largest absolute Gasteiger partial charge is 0.479 e. The van der Waals surface area contributed by atoms with Gasteiger partial charge in [0.25, 0.3) is 5.91 Å². The first-order chi connectivity index (χ1) is 15.3. The topological polar surface area (TPSA) is 154 Å². The molecule has 172 valence electrons. The van der Waals surface area contributed by atoms with E-state index in [2.05, 4.69) is 10.6 Å². The van der Waals surface area contributed by atoms with Crippen LogP contribution in [0.1, 0.15) is 53.2 Å². The van der Waals surface area contributed by atoms with Gasteiger partial charge in [-0.25, -0.2) is 4.79 Å². The maximum Gasteiger partial charge on any atom is 0.330 e. The maximum atomic E-state index is 12.2. The molecule has 0 saturated heterocycles. The molecule has 1 atom stereocenters. The zero-order chi connectivity index (χ0) is 23.5. The zero-order valence-electron chi connectivity index (χ0n) is 18.4. The van der Waals surface area contributed by atoms with E-state index in [4.69, 9.17) is 16.9 Å². The Bertz CT molecular complexity index is 884. The number of carbonyl (C=O) groups is 2. The van der Waals surface area contributed by atoms with E-state index in [0.29, 0.717) is 11.1 Å². The molecular formula is C24H33N5O3. The molecule has 8 nitrogen and oxygen atoms in total. The Morgan fingerprint density at radius 3 is 2.22 bits per heavy atom. The second kappa shape index (κ2) is 12.6. The highest BCUT2D eigenvalue weighted by Crippen LogP contribution is 2.22. The smallest absolute Gasteiger partial charge is 0.330 e. The van der Waals surface area contributed by atoms with Crippen molar-refractivity contribution in [1.29, 1.82) is 5.41 Å². The highest BCUT2D eigenvalue weighted by atomic mass is 16.4. The Balaban J connectivity index is 0.000000303. The number of carboxylic acid groups (broad SMARTS) is 1.